The van der Waals surface area contributed by atoms with E-state index in [4.69, 9.17) is 11.6 Å². The number of nitrogens with zero attached hydrogens (tertiary/aromatic N) is 2. The molecule has 2 aromatic rings. The Morgan fingerprint density at radius 1 is 1.50 bits per heavy atom. The molecule has 0 aliphatic carbocycles. The largest absolute Gasteiger partial charge is 0.392 e. The van der Waals surface area contributed by atoms with Crippen LogP contribution in [0.15, 0.2) is 28.9 Å². The summed E-state index contributed by atoms with van der Waals surface area (Å²) in [6.07, 6.45) is 1.73. The van der Waals surface area contributed by atoms with Crippen molar-refractivity contribution in [2.24, 2.45) is 0 Å². The van der Waals surface area contributed by atoms with E-state index in [0.29, 0.717) is 5.02 Å². The number of aryl methyl sites for hydroxylation is 1. The van der Waals surface area contributed by atoms with Gasteiger partial charge in [0.1, 0.15) is 0 Å². The first-order valence-electron chi connectivity index (χ1n) is 4.73. The minimum Gasteiger partial charge on any atom is -0.392 e. The second kappa shape index (κ2) is 4.57. The Bertz CT molecular complexity index is 505. The van der Waals surface area contributed by atoms with Crippen LogP contribution in [0, 0.1) is 6.92 Å². The Balaban J connectivity index is 2.57. The highest BCUT2D eigenvalue weighted by atomic mass is 79.9. The molecule has 1 aromatic carbocycles. The molecule has 0 unspecified atom stereocenters. The fourth-order valence-electron chi connectivity index (χ4n) is 1.45. The van der Waals surface area contributed by atoms with Crippen molar-refractivity contribution in [3.05, 3.63) is 45.1 Å². The van der Waals surface area contributed by atoms with Crippen LogP contribution in [0.4, 0.5) is 0 Å². The van der Waals surface area contributed by atoms with Crippen molar-refractivity contribution in [1.29, 1.82) is 0 Å². The first kappa shape index (κ1) is 11.6. The Hall–Kier alpha value is -0.840. The van der Waals surface area contributed by atoms with Gasteiger partial charge >= 0.3 is 0 Å². The van der Waals surface area contributed by atoms with Crippen molar-refractivity contribution in [2.75, 3.05) is 0 Å². The fraction of sp³-hybridized carbons (Fsp3) is 0.182. The molecule has 0 aliphatic heterocycles. The van der Waals surface area contributed by atoms with Gasteiger partial charge in [-0.15, -0.1) is 0 Å². The van der Waals surface area contributed by atoms with Gasteiger partial charge in [-0.3, -0.25) is 0 Å². The fourth-order valence-corrected chi connectivity index (χ4v) is 1.93. The molecule has 0 radical (unpaired) electrons. The number of benzene rings is 1. The molecule has 0 amide bonds. The third kappa shape index (κ3) is 2.14. The van der Waals surface area contributed by atoms with E-state index in [-0.39, 0.29) is 6.61 Å². The Labute approximate surface area is 107 Å². The predicted octanol–water partition coefficient (Wildman–Crippen LogP) is 3.09. The zero-order chi connectivity index (χ0) is 11.7. The summed E-state index contributed by atoms with van der Waals surface area (Å²) in [6, 6.07) is 5.63. The van der Waals surface area contributed by atoms with E-state index < -0.39 is 0 Å². The highest BCUT2D eigenvalue weighted by Gasteiger charge is 2.08. The molecule has 84 valence electrons. The molecule has 0 saturated carbocycles. The summed E-state index contributed by atoms with van der Waals surface area (Å²) < 4.78 is 2.61. The first-order valence-corrected chi connectivity index (χ1v) is 5.90. The van der Waals surface area contributed by atoms with Crippen LogP contribution < -0.4 is 0 Å². The van der Waals surface area contributed by atoms with Crippen LogP contribution in [0.3, 0.4) is 0 Å². The SMILES string of the molecule is Cc1nn(-c2cc(Br)ccc2CO)cc1Cl. The van der Waals surface area contributed by atoms with Gasteiger partial charge in [-0.1, -0.05) is 33.6 Å². The predicted molar refractivity (Wildman–Crippen MR) is 66.9 cm³/mol. The summed E-state index contributed by atoms with van der Waals surface area (Å²) >= 11 is 9.35. The Kier molecular flexibility index (Phi) is 3.33. The normalized spacial score (nSPS) is 10.8. The molecular weight excluding hydrogens is 291 g/mol. The van der Waals surface area contributed by atoms with Crippen molar-refractivity contribution in [3.63, 3.8) is 0 Å². The maximum absolute atomic E-state index is 9.26. The molecule has 3 nitrogen and oxygen atoms in total. The Morgan fingerprint density at radius 2 is 2.25 bits per heavy atom. The zero-order valence-electron chi connectivity index (χ0n) is 8.61. The molecule has 1 heterocycles. The Morgan fingerprint density at radius 3 is 2.81 bits per heavy atom. The number of aromatic nitrogens is 2. The summed E-state index contributed by atoms with van der Waals surface area (Å²) in [6.45, 7) is 1.81. The number of rotatable bonds is 2. The van der Waals surface area contributed by atoms with E-state index in [1.54, 1.807) is 10.9 Å². The second-order valence-corrected chi connectivity index (χ2v) is 4.76. The molecule has 1 N–H and O–H groups in total. The minimum absolute atomic E-state index is 0.0286. The van der Waals surface area contributed by atoms with E-state index in [0.717, 1.165) is 21.4 Å². The first-order chi connectivity index (χ1) is 7.61. The molecule has 0 aliphatic rings. The van der Waals surface area contributed by atoms with Gasteiger partial charge in [0.2, 0.25) is 0 Å². The van der Waals surface area contributed by atoms with Crippen molar-refractivity contribution in [2.45, 2.75) is 13.5 Å². The zero-order valence-corrected chi connectivity index (χ0v) is 11.0. The summed E-state index contributed by atoms with van der Waals surface area (Å²) in [7, 11) is 0. The molecule has 0 saturated heterocycles. The average Bonchev–Trinajstić information content (AvgIpc) is 2.59. The van der Waals surface area contributed by atoms with Crippen LogP contribution in [-0.2, 0) is 6.61 Å². The summed E-state index contributed by atoms with van der Waals surface area (Å²) in [4.78, 5) is 0. The van der Waals surface area contributed by atoms with Crippen LogP contribution in [0.5, 0.6) is 0 Å². The van der Waals surface area contributed by atoms with E-state index in [1.165, 1.54) is 0 Å². The molecule has 0 spiro atoms. The smallest absolute Gasteiger partial charge is 0.0819 e. The summed E-state index contributed by atoms with van der Waals surface area (Å²) in [5.41, 5.74) is 2.40. The van der Waals surface area contributed by atoms with E-state index in [9.17, 15) is 5.11 Å². The van der Waals surface area contributed by atoms with Gasteiger partial charge in [0.15, 0.2) is 0 Å². The topological polar surface area (TPSA) is 38.0 Å². The van der Waals surface area contributed by atoms with Gasteiger partial charge in [-0.2, -0.15) is 5.10 Å². The number of hydrogen-bond acceptors (Lipinski definition) is 2. The van der Waals surface area contributed by atoms with Gasteiger partial charge in [-0.25, -0.2) is 4.68 Å². The van der Waals surface area contributed by atoms with Gasteiger partial charge in [-0.05, 0) is 19.1 Å². The van der Waals surface area contributed by atoms with Crippen LogP contribution in [0.2, 0.25) is 5.02 Å². The maximum Gasteiger partial charge on any atom is 0.0819 e. The molecule has 1 aromatic heterocycles. The lowest BCUT2D eigenvalue weighted by Crippen LogP contribution is -2.00. The monoisotopic (exact) mass is 300 g/mol. The van der Waals surface area contributed by atoms with Crippen LogP contribution in [0.1, 0.15) is 11.3 Å². The lowest BCUT2D eigenvalue weighted by Gasteiger charge is -2.07. The standard InChI is InChI=1S/C11H10BrClN2O/c1-7-10(13)5-15(14-7)11-4-9(12)3-2-8(11)6-16/h2-5,16H,6H2,1H3. The van der Waals surface area contributed by atoms with Crippen molar-refractivity contribution in [1.82, 2.24) is 9.78 Å². The molecular formula is C11H10BrClN2O. The highest BCUT2D eigenvalue weighted by Crippen LogP contribution is 2.22. The van der Waals surface area contributed by atoms with Crippen molar-refractivity contribution in [3.8, 4) is 5.69 Å². The second-order valence-electron chi connectivity index (χ2n) is 3.44. The van der Waals surface area contributed by atoms with E-state index in [1.807, 2.05) is 25.1 Å². The number of hydrogen-bond donors (Lipinski definition) is 1. The molecule has 5 heteroatoms. The maximum atomic E-state index is 9.26. The molecule has 16 heavy (non-hydrogen) atoms. The van der Waals surface area contributed by atoms with E-state index >= 15 is 0 Å². The van der Waals surface area contributed by atoms with Gasteiger partial charge in [0, 0.05) is 16.2 Å². The molecule has 0 fully saturated rings. The van der Waals surface area contributed by atoms with Crippen LogP contribution >= 0.6 is 27.5 Å². The van der Waals surface area contributed by atoms with E-state index in [2.05, 4.69) is 21.0 Å². The van der Waals surface area contributed by atoms with Crippen LogP contribution in [-0.4, -0.2) is 14.9 Å². The quantitative estimate of drug-likeness (QED) is 0.925. The minimum atomic E-state index is -0.0286. The third-order valence-corrected chi connectivity index (χ3v) is 3.17. The van der Waals surface area contributed by atoms with Gasteiger partial charge < -0.3 is 5.11 Å². The van der Waals surface area contributed by atoms with Crippen LogP contribution in [0.25, 0.3) is 5.69 Å². The molecule has 0 bridgehead atoms. The summed E-state index contributed by atoms with van der Waals surface area (Å²) in [5.74, 6) is 0. The third-order valence-electron chi connectivity index (χ3n) is 2.30. The lowest BCUT2D eigenvalue weighted by molar-refractivity contribution is 0.281. The number of halogens is 2. The number of aliphatic hydroxyl groups is 1. The highest BCUT2D eigenvalue weighted by molar-refractivity contribution is 9.10. The molecule has 0 atom stereocenters. The number of aliphatic hydroxyl groups excluding tert-OH is 1. The van der Waals surface area contributed by atoms with Gasteiger partial charge in [0.25, 0.3) is 0 Å². The summed E-state index contributed by atoms with van der Waals surface area (Å²) in [5, 5.41) is 14.2. The van der Waals surface area contributed by atoms with Gasteiger partial charge in [0.05, 0.1) is 23.0 Å². The molecule has 2 rings (SSSR count). The average molecular weight is 302 g/mol. The van der Waals surface area contributed by atoms with Crippen molar-refractivity contribution < 1.29 is 5.11 Å². The van der Waals surface area contributed by atoms with Crippen molar-refractivity contribution >= 4 is 27.5 Å². The lowest BCUT2D eigenvalue weighted by atomic mass is 10.2.